The van der Waals surface area contributed by atoms with Gasteiger partial charge in [0.25, 0.3) is 0 Å². The molecule has 0 aliphatic carbocycles. The number of amides is 2. The zero-order valence-electron chi connectivity index (χ0n) is 11.1. The smallest absolute Gasteiger partial charge is 0.332 e. The molecule has 0 rings (SSSR count). The molecule has 18 heavy (non-hydrogen) atoms. The fourth-order valence-corrected chi connectivity index (χ4v) is 1.30. The summed E-state index contributed by atoms with van der Waals surface area (Å²) in [5, 5.41) is 2.31. The summed E-state index contributed by atoms with van der Waals surface area (Å²) in [6, 6.07) is -1.39. The summed E-state index contributed by atoms with van der Waals surface area (Å²) >= 11 is 0. The number of carbonyl (C=O) groups excluding carboxylic acids is 3. The number of rotatable bonds is 7. The molecule has 3 N–H and O–H groups in total. The number of esters is 1. The van der Waals surface area contributed by atoms with E-state index in [9.17, 15) is 14.4 Å². The van der Waals surface area contributed by atoms with Crippen LogP contribution in [0.15, 0.2) is 0 Å². The van der Waals surface area contributed by atoms with Crippen molar-refractivity contribution in [3.8, 4) is 0 Å². The topological polar surface area (TPSA) is 102 Å². The molecule has 0 aliphatic rings. The first kappa shape index (κ1) is 16.4. The summed E-state index contributed by atoms with van der Waals surface area (Å²) in [6.07, 6.45) is 0. The van der Waals surface area contributed by atoms with E-state index < -0.39 is 17.9 Å². The van der Waals surface area contributed by atoms with Crippen LogP contribution in [0.2, 0.25) is 0 Å². The summed E-state index contributed by atoms with van der Waals surface area (Å²) in [5.74, 6) is -1.73. The predicted octanol–water partition coefficient (Wildman–Crippen LogP) is -1.14. The van der Waals surface area contributed by atoms with Crippen molar-refractivity contribution >= 4 is 17.8 Å². The van der Waals surface area contributed by atoms with Crippen LogP contribution >= 0.6 is 0 Å². The average molecular weight is 259 g/mol. The van der Waals surface area contributed by atoms with Gasteiger partial charge >= 0.3 is 5.97 Å². The first-order chi connectivity index (χ1) is 8.47. The minimum absolute atomic E-state index is 0.151. The van der Waals surface area contributed by atoms with E-state index in [1.165, 1.54) is 0 Å². The Labute approximate surface area is 107 Å². The molecule has 7 heteroatoms. The van der Waals surface area contributed by atoms with Crippen LogP contribution in [0.1, 0.15) is 20.8 Å². The Morgan fingerprint density at radius 3 is 2.22 bits per heavy atom. The van der Waals surface area contributed by atoms with Crippen LogP contribution in [0.4, 0.5) is 0 Å². The molecule has 0 aromatic heterocycles. The third-order valence-corrected chi connectivity index (χ3v) is 2.35. The predicted molar refractivity (Wildman–Crippen MR) is 65.5 cm³/mol. The monoisotopic (exact) mass is 259 g/mol. The Hall–Kier alpha value is -1.63. The van der Waals surface area contributed by atoms with Crippen LogP contribution in [0.5, 0.6) is 0 Å². The second kappa shape index (κ2) is 8.46. The number of ether oxygens (including phenoxy) is 1. The summed E-state index contributed by atoms with van der Waals surface area (Å²) in [7, 11) is 0. The number of nitrogens with zero attached hydrogens (tertiary/aromatic N) is 1. The van der Waals surface area contributed by atoms with Gasteiger partial charge in [-0.25, -0.2) is 4.79 Å². The van der Waals surface area contributed by atoms with Crippen molar-refractivity contribution in [3.63, 3.8) is 0 Å². The van der Waals surface area contributed by atoms with Gasteiger partial charge in [-0.15, -0.1) is 0 Å². The molecule has 0 aliphatic heterocycles. The molecular formula is C11H21N3O4. The number of carbonyl (C=O) groups is 3. The van der Waals surface area contributed by atoms with Crippen molar-refractivity contribution < 1.29 is 19.1 Å². The summed E-state index contributed by atoms with van der Waals surface area (Å²) in [5.41, 5.74) is 5.36. The molecule has 1 unspecified atom stereocenters. The molecule has 1 atom stereocenters. The van der Waals surface area contributed by atoms with Crippen LogP contribution < -0.4 is 11.1 Å². The van der Waals surface area contributed by atoms with E-state index in [4.69, 9.17) is 5.73 Å². The Morgan fingerprint density at radius 2 is 1.78 bits per heavy atom. The highest BCUT2D eigenvalue weighted by atomic mass is 16.5. The summed E-state index contributed by atoms with van der Waals surface area (Å²) in [4.78, 5) is 35.8. The first-order valence-corrected chi connectivity index (χ1v) is 5.95. The van der Waals surface area contributed by atoms with Crippen LogP contribution in [0.3, 0.4) is 0 Å². The number of nitrogens with two attached hydrogens (primary N) is 1. The summed E-state index contributed by atoms with van der Waals surface area (Å²) < 4.78 is 4.60. The number of hydrogen-bond acceptors (Lipinski definition) is 5. The molecule has 7 nitrogen and oxygen atoms in total. The van der Waals surface area contributed by atoms with Gasteiger partial charge in [0.1, 0.15) is 0 Å². The number of likely N-dealkylation sites (N-methyl/N-ethyl adjacent to an activating group) is 1. The third kappa shape index (κ3) is 5.13. The van der Waals surface area contributed by atoms with Crippen molar-refractivity contribution in [1.82, 2.24) is 10.2 Å². The van der Waals surface area contributed by atoms with Crippen molar-refractivity contribution in [2.24, 2.45) is 5.73 Å². The Balaban J connectivity index is 4.17. The lowest BCUT2D eigenvalue weighted by atomic mass is 10.3. The van der Waals surface area contributed by atoms with Gasteiger partial charge in [0.2, 0.25) is 11.8 Å². The lowest BCUT2D eigenvalue weighted by Crippen LogP contribution is -2.49. The fraction of sp³-hybridized carbons (Fsp3) is 0.727. The Bertz CT molecular complexity index is 303. The van der Waals surface area contributed by atoms with E-state index in [1.54, 1.807) is 11.8 Å². The lowest BCUT2D eigenvalue weighted by Gasteiger charge is -2.19. The van der Waals surface area contributed by atoms with Crippen LogP contribution in [-0.2, 0) is 19.1 Å². The Morgan fingerprint density at radius 1 is 1.22 bits per heavy atom. The zero-order valence-corrected chi connectivity index (χ0v) is 11.1. The molecule has 0 aromatic carbocycles. The second-order valence-corrected chi connectivity index (χ2v) is 3.51. The van der Waals surface area contributed by atoms with E-state index in [0.717, 1.165) is 0 Å². The van der Waals surface area contributed by atoms with E-state index in [1.807, 2.05) is 13.8 Å². The van der Waals surface area contributed by atoms with E-state index in [-0.39, 0.29) is 19.1 Å². The minimum Gasteiger partial charge on any atom is -0.464 e. The van der Waals surface area contributed by atoms with Gasteiger partial charge in [-0.05, 0) is 20.8 Å². The molecule has 104 valence electrons. The average Bonchev–Trinajstić information content (AvgIpc) is 2.36. The van der Waals surface area contributed by atoms with Crippen LogP contribution in [0, 0.1) is 0 Å². The van der Waals surface area contributed by atoms with E-state index in [0.29, 0.717) is 13.1 Å². The van der Waals surface area contributed by atoms with Crippen molar-refractivity contribution in [3.05, 3.63) is 0 Å². The minimum atomic E-state index is -1.39. The molecule has 0 heterocycles. The lowest BCUT2D eigenvalue weighted by molar-refractivity contribution is -0.148. The highest BCUT2D eigenvalue weighted by Gasteiger charge is 2.24. The fourth-order valence-electron chi connectivity index (χ4n) is 1.30. The maximum atomic E-state index is 11.6. The maximum Gasteiger partial charge on any atom is 0.332 e. The molecule has 0 bridgehead atoms. The van der Waals surface area contributed by atoms with Gasteiger partial charge in [-0.1, -0.05) is 0 Å². The molecular weight excluding hydrogens is 238 g/mol. The van der Waals surface area contributed by atoms with Gasteiger partial charge in [0.15, 0.2) is 6.04 Å². The first-order valence-electron chi connectivity index (χ1n) is 5.95. The van der Waals surface area contributed by atoms with Crippen molar-refractivity contribution in [2.45, 2.75) is 26.8 Å². The van der Waals surface area contributed by atoms with E-state index in [2.05, 4.69) is 10.1 Å². The van der Waals surface area contributed by atoms with E-state index >= 15 is 0 Å². The highest BCUT2D eigenvalue weighted by Crippen LogP contribution is 1.89. The largest absolute Gasteiger partial charge is 0.464 e. The maximum absolute atomic E-state index is 11.6. The molecule has 0 saturated heterocycles. The van der Waals surface area contributed by atoms with Crippen molar-refractivity contribution in [1.29, 1.82) is 0 Å². The SMILES string of the molecule is CCOC(=O)C(N)C(=O)NCC(=O)N(CC)CC. The molecule has 0 fully saturated rings. The molecule has 0 saturated carbocycles. The van der Waals surface area contributed by atoms with Gasteiger partial charge < -0.3 is 20.7 Å². The highest BCUT2D eigenvalue weighted by molar-refractivity contribution is 6.02. The zero-order chi connectivity index (χ0) is 14.1. The van der Waals surface area contributed by atoms with Crippen molar-refractivity contribution in [2.75, 3.05) is 26.2 Å². The van der Waals surface area contributed by atoms with Gasteiger partial charge in [-0.2, -0.15) is 0 Å². The van der Waals surface area contributed by atoms with Crippen LogP contribution in [-0.4, -0.2) is 55.0 Å². The normalized spacial score (nSPS) is 11.6. The third-order valence-electron chi connectivity index (χ3n) is 2.35. The van der Waals surface area contributed by atoms with Gasteiger partial charge in [-0.3, -0.25) is 9.59 Å². The molecule has 0 spiro atoms. The molecule has 0 radical (unpaired) electrons. The Kier molecular flexibility index (Phi) is 7.69. The van der Waals surface area contributed by atoms with Gasteiger partial charge in [0.05, 0.1) is 13.2 Å². The number of nitrogens with one attached hydrogen (secondary N) is 1. The molecule has 2 amide bonds. The number of hydrogen-bond donors (Lipinski definition) is 2. The summed E-state index contributed by atoms with van der Waals surface area (Å²) in [6.45, 7) is 6.41. The standard InChI is InChI=1S/C11H21N3O4/c1-4-14(5-2)8(15)7-13-10(16)9(12)11(17)18-6-3/h9H,4-7,12H2,1-3H3,(H,13,16). The quantitative estimate of drug-likeness (QED) is 0.444. The van der Waals surface area contributed by atoms with Crippen LogP contribution in [0.25, 0.3) is 0 Å². The molecule has 0 aromatic rings. The van der Waals surface area contributed by atoms with Gasteiger partial charge in [0, 0.05) is 13.1 Å². The second-order valence-electron chi connectivity index (χ2n) is 3.51.